The minimum absolute atomic E-state index is 0. The second-order valence-electron chi connectivity index (χ2n) is 5.58. The largest absolute Gasteiger partial charge is 0.381 e. The highest BCUT2D eigenvalue weighted by Crippen LogP contribution is 2.16. The molecule has 2 N–H and O–H groups in total. The van der Waals surface area contributed by atoms with Crippen molar-refractivity contribution in [1.29, 1.82) is 0 Å². The Hall–Kier alpha value is -0.340. The number of halogens is 1. The van der Waals surface area contributed by atoms with E-state index in [0.717, 1.165) is 45.0 Å². The van der Waals surface area contributed by atoms with Gasteiger partial charge in [-0.2, -0.15) is 0 Å². The molecule has 6 heteroatoms. The van der Waals surface area contributed by atoms with Gasteiger partial charge >= 0.3 is 0 Å². The molecule has 1 aromatic rings. The number of aryl methyl sites for hydroxylation is 1. The molecule has 1 heterocycles. The number of unbranched alkanes of at least 4 members (excludes halogenated alkanes) is 1. The molecule has 23 heavy (non-hydrogen) atoms. The first-order valence-corrected chi connectivity index (χ1v) is 9.07. The summed E-state index contributed by atoms with van der Waals surface area (Å²) in [5, 5.41) is 6.78. The van der Waals surface area contributed by atoms with Crippen molar-refractivity contribution in [3.05, 3.63) is 21.9 Å². The zero-order valence-electron chi connectivity index (χ0n) is 14.9. The molecule has 1 atom stereocenters. The molecule has 0 radical (unpaired) electrons. The Morgan fingerprint density at radius 2 is 2.04 bits per heavy atom. The number of guanidine groups is 1. The Labute approximate surface area is 162 Å². The molecule has 0 amide bonds. The standard InChI is InChI=1S/C17H31N3OS.HI/c1-5-6-11-21-12-7-10-19-17(18-4)20-14(2)13-16-9-8-15(3)22-16;/h8-9,14H,5-7,10-13H2,1-4H3,(H2,18,19,20);1H. The van der Waals surface area contributed by atoms with Crippen molar-refractivity contribution < 1.29 is 4.74 Å². The van der Waals surface area contributed by atoms with E-state index in [1.165, 1.54) is 16.2 Å². The number of nitrogens with zero attached hydrogens (tertiary/aromatic N) is 1. The molecule has 0 aliphatic heterocycles. The third-order valence-corrected chi connectivity index (χ3v) is 4.33. The molecule has 4 nitrogen and oxygen atoms in total. The van der Waals surface area contributed by atoms with Gasteiger partial charge in [-0.25, -0.2) is 0 Å². The fraction of sp³-hybridized carbons (Fsp3) is 0.706. The van der Waals surface area contributed by atoms with Crippen LogP contribution in [0.1, 0.15) is 42.9 Å². The van der Waals surface area contributed by atoms with E-state index in [4.69, 9.17) is 4.74 Å². The molecule has 1 aromatic heterocycles. The van der Waals surface area contributed by atoms with Gasteiger partial charge in [0.15, 0.2) is 5.96 Å². The average molecular weight is 453 g/mol. The SMILES string of the molecule is CCCCOCCCNC(=NC)NC(C)Cc1ccc(C)s1.I. The molecule has 134 valence electrons. The molecule has 0 aromatic carbocycles. The van der Waals surface area contributed by atoms with Crippen LogP contribution in [-0.2, 0) is 11.2 Å². The number of hydrogen-bond donors (Lipinski definition) is 2. The summed E-state index contributed by atoms with van der Waals surface area (Å²) >= 11 is 1.86. The highest BCUT2D eigenvalue weighted by molar-refractivity contribution is 14.0. The molecule has 0 spiro atoms. The average Bonchev–Trinajstić information content (AvgIpc) is 2.90. The lowest BCUT2D eigenvalue weighted by Gasteiger charge is -2.17. The van der Waals surface area contributed by atoms with Crippen LogP contribution in [0.4, 0.5) is 0 Å². The molecular weight excluding hydrogens is 421 g/mol. The maximum Gasteiger partial charge on any atom is 0.191 e. The molecule has 0 aliphatic carbocycles. The van der Waals surface area contributed by atoms with Gasteiger partial charge in [-0.1, -0.05) is 13.3 Å². The predicted molar refractivity (Wildman–Crippen MR) is 112 cm³/mol. The van der Waals surface area contributed by atoms with Gasteiger partial charge in [-0.15, -0.1) is 35.3 Å². The summed E-state index contributed by atoms with van der Waals surface area (Å²) < 4.78 is 5.55. The van der Waals surface area contributed by atoms with Crippen molar-refractivity contribution in [2.75, 3.05) is 26.8 Å². The third-order valence-electron chi connectivity index (χ3n) is 3.31. The fourth-order valence-corrected chi connectivity index (χ4v) is 3.12. The van der Waals surface area contributed by atoms with Crippen LogP contribution in [0.2, 0.25) is 0 Å². The summed E-state index contributed by atoms with van der Waals surface area (Å²) in [6, 6.07) is 4.76. The summed E-state index contributed by atoms with van der Waals surface area (Å²) in [5.41, 5.74) is 0. The van der Waals surface area contributed by atoms with Crippen LogP contribution in [-0.4, -0.2) is 38.8 Å². The Morgan fingerprint density at radius 1 is 1.30 bits per heavy atom. The lowest BCUT2D eigenvalue weighted by atomic mass is 10.2. The van der Waals surface area contributed by atoms with E-state index >= 15 is 0 Å². The molecule has 1 rings (SSSR count). The number of hydrogen-bond acceptors (Lipinski definition) is 3. The topological polar surface area (TPSA) is 45.6 Å². The molecular formula is C17H32IN3OS. The van der Waals surface area contributed by atoms with Crippen molar-refractivity contribution in [1.82, 2.24) is 10.6 Å². The van der Waals surface area contributed by atoms with Gasteiger partial charge in [0.2, 0.25) is 0 Å². The molecule has 0 saturated heterocycles. The van der Waals surface area contributed by atoms with Gasteiger partial charge in [0.05, 0.1) is 0 Å². The Morgan fingerprint density at radius 3 is 2.65 bits per heavy atom. The molecule has 0 bridgehead atoms. The smallest absolute Gasteiger partial charge is 0.191 e. The van der Waals surface area contributed by atoms with E-state index in [0.29, 0.717) is 6.04 Å². The predicted octanol–water partition coefficient (Wildman–Crippen LogP) is 3.98. The van der Waals surface area contributed by atoms with Gasteiger partial charge in [0, 0.05) is 49.0 Å². The van der Waals surface area contributed by atoms with Gasteiger partial charge in [0.1, 0.15) is 0 Å². The molecule has 0 fully saturated rings. The second kappa shape index (κ2) is 14.0. The van der Waals surface area contributed by atoms with Crippen LogP contribution in [0.15, 0.2) is 17.1 Å². The van der Waals surface area contributed by atoms with Crippen LogP contribution in [0.25, 0.3) is 0 Å². The summed E-state index contributed by atoms with van der Waals surface area (Å²) in [6.07, 6.45) is 4.37. The van der Waals surface area contributed by atoms with Crippen LogP contribution in [0.5, 0.6) is 0 Å². The van der Waals surface area contributed by atoms with E-state index in [1.54, 1.807) is 0 Å². The minimum atomic E-state index is 0. The van der Waals surface area contributed by atoms with Crippen LogP contribution >= 0.6 is 35.3 Å². The fourth-order valence-electron chi connectivity index (χ4n) is 2.11. The number of ether oxygens (including phenoxy) is 1. The van der Waals surface area contributed by atoms with Crippen molar-refractivity contribution in [3.63, 3.8) is 0 Å². The molecule has 1 unspecified atom stereocenters. The number of rotatable bonds is 10. The maximum atomic E-state index is 5.55. The molecule has 0 aliphatic rings. The van der Waals surface area contributed by atoms with Gasteiger partial charge in [0.25, 0.3) is 0 Å². The lowest BCUT2D eigenvalue weighted by molar-refractivity contribution is 0.129. The van der Waals surface area contributed by atoms with E-state index in [1.807, 2.05) is 18.4 Å². The van der Waals surface area contributed by atoms with E-state index in [2.05, 4.69) is 48.5 Å². The van der Waals surface area contributed by atoms with Gasteiger partial charge in [-0.05, 0) is 38.8 Å². The normalized spacial score (nSPS) is 12.6. The maximum absolute atomic E-state index is 5.55. The number of nitrogens with one attached hydrogen (secondary N) is 2. The van der Waals surface area contributed by atoms with Gasteiger partial charge < -0.3 is 15.4 Å². The third kappa shape index (κ3) is 10.9. The highest BCUT2D eigenvalue weighted by Gasteiger charge is 2.07. The van der Waals surface area contributed by atoms with Crippen molar-refractivity contribution in [3.8, 4) is 0 Å². The Balaban J connectivity index is 0.00000484. The number of aliphatic imine (C=N–C) groups is 1. The van der Waals surface area contributed by atoms with E-state index in [9.17, 15) is 0 Å². The van der Waals surface area contributed by atoms with Crippen LogP contribution in [0, 0.1) is 6.92 Å². The monoisotopic (exact) mass is 453 g/mol. The minimum Gasteiger partial charge on any atom is -0.381 e. The van der Waals surface area contributed by atoms with E-state index < -0.39 is 0 Å². The van der Waals surface area contributed by atoms with Crippen molar-refractivity contribution in [2.45, 2.75) is 52.5 Å². The van der Waals surface area contributed by atoms with Gasteiger partial charge in [-0.3, -0.25) is 4.99 Å². The zero-order valence-corrected chi connectivity index (χ0v) is 18.0. The first-order chi connectivity index (χ1) is 10.7. The summed E-state index contributed by atoms with van der Waals surface area (Å²) in [5.74, 6) is 0.870. The summed E-state index contributed by atoms with van der Waals surface area (Å²) in [6.45, 7) is 9.09. The first-order valence-electron chi connectivity index (χ1n) is 8.26. The van der Waals surface area contributed by atoms with Crippen molar-refractivity contribution in [2.24, 2.45) is 4.99 Å². The quantitative estimate of drug-likeness (QED) is 0.244. The van der Waals surface area contributed by atoms with Crippen LogP contribution < -0.4 is 10.6 Å². The first kappa shape index (κ1) is 22.7. The Kier molecular flexibility index (Phi) is 13.8. The summed E-state index contributed by atoms with van der Waals surface area (Å²) in [4.78, 5) is 7.06. The van der Waals surface area contributed by atoms with E-state index in [-0.39, 0.29) is 24.0 Å². The zero-order chi connectivity index (χ0) is 16.2. The highest BCUT2D eigenvalue weighted by atomic mass is 127. The lowest BCUT2D eigenvalue weighted by Crippen LogP contribution is -2.43. The second-order valence-corrected chi connectivity index (χ2v) is 6.95. The Bertz CT molecular complexity index is 437. The van der Waals surface area contributed by atoms with Crippen molar-refractivity contribution >= 4 is 41.3 Å². The number of thiophene rings is 1. The molecule has 0 saturated carbocycles. The summed E-state index contributed by atoms with van der Waals surface area (Å²) in [7, 11) is 1.81. The van der Waals surface area contributed by atoms with Crippen LogP contribution in [0.3, 0.4) is 0 Å².